The maximum Gasteiger partial charge on any atom is 0.323 e. The molecule has 0 radical (unpaired) electrons. The number of anilines is 1. The van der Waals surface area contributed by atoms with Crippen molar-refractivity contribution >= 4 is 11.8 Å². The van der Waals surface area contributed by atoms with Gasteiger partial charge in [-0.25, -0.2) is 4.79 Å². The third-order valence-electron chi connectivity index (χ3n) is 4.87. The molecule has 1 aromatic carbocycles. The molecule has 1 aliphatic heterocycles. The Bertz CT molecular complexity index is 705. The third-order valence-corrected chi connectivity index (χ3v) is 4.87. The lowest BCUT2D eigenvalue weighted by Gasteiger charge is -2.36. The van der Waals surface area contributed by atoms with E-state index in [4.69, 9.17) is 0 Å². The first kappa shape index (κ1) is 15.6. The van der Waals surface area contributed by atoms with Crippen LogP contribution in [0.1, 0.15) is 37.4 Å². The number of carbonyl (C=O) groups is 1. The Kier molecular flexibility index (Phi) is 3.88. The summed E-state index contributed by atoms with van der Waals surface area (Å²) in [5.41, 5.74) is 1.97. The molecular weight excluding hydrogens is 288 g/mol. The predicted molar refractivity (Wildman–Crippen MR) is 91.5 cm³/mol. The Balaban J connectivity index is 1.78. The molecule has 1 fully saturated rings. The molecule has 5 heteroatoms. The van der Waals surface area contributed by atoms with E-state index in [1.165, 1.54) is 5.56 Å². The van der Waals surface area contributed by atoms with E-state index in [1.807, 2.05) is 31.0 Å². The Morgan fingerprint density at radius 3 is 2.61 bits per heavy atom. The maximum absolute atomic E-state index is 12.7. The van der Waals surface area contributed by atoms with E-state index in [9.17, 15) is 4.79 Å². The van der Waals surface area contributed by atoms with Crippen LogP contribution in [0.25, 0.3) is 0 Å². The van der Waals surface area contributed by atoms with Gasteiger partial charge in [0.15, 0.2) is 0 Å². The van der Waals surface area contributed by atoms with Gasteiger partial charge >= 0.3 is 6.03 Å². The van der Waals surface area contributed by atoms with Gasteiger partial charge in [0, 0.05) is 31.1 Å². The molecule has 3 rings (SSSR count). The zero-order chi connectivity index (χ0) is 16.6. The topological polar surface area (TPSA) is 50.2 Å². The lowest BCUT2D eigenvalue weighted by atomic mass is 9.83. The normalized spacial score (nSPS) is 19.8. The number of aryl methyl sites for hydroxylation is 2. The summed E-state index contributed by atoms with van der Waals surface area (Å²) in [7, 11) is 1.84. The second-order valence-electron chi connectivity index (χ2n) is 6.78. The third kappa shape index (κ3) is 2.83. The van der Waals surface area contributed by atoms with E-state index in [1.54, 1.807) is 4.68 Å². The van der Waals surface area contributed by atoms with Crippen LogP contribution in [0.15, 0.2) is 36.4 Å². The maximum atomic E-state index is 12.7. The highest BCUT2D eigenvalue weighted by Gasteiger charge is 2.44. The van der Waals surface area contributed by atoms with Gasteiger partial charge in [0.05, 0.1) is 5.69 Å². The van der Waals surface area contributed by atoms with Crippen LogP contribution >= 0.6 is 0 Å². The van der Waals surface area contributed by atoms with Crippen molar-refractivity contribution in [2.24, 2.45) is 7.05 Å². The summed E-state index contributed by atoms with van der Waals surface area (Å²) in [6.07, 6.45) is 0.981. The highest BCUT2D eigenvalue weighted by molar-refractivity contribution is 5.89. The van der Waals surface area contributed by atoms with Crippen LogP contribution in [-0.4, -0.2) is 32.8 Å². The fourth-order valence-corrected chi connectivity index (χ4v) is 3.62. The smallest absolute Gasteiger partial charge is 0.319 e. The number of hydrogen-bond acceptors (Lipinski definition) is 2. The molecule has 2 heterocycles. The summed E-state index contributed by atoms with van der Waals surface area (Å²) in [5, 5.41) is 7.26. The summed E-state index contributed by atoms with van der Waals surface area (Å²) in [6, 6.07) is 12.3. The van der Waals surface area contributed by atoms with Gasteiger partial charge in [0.2, 0.25) is 0 Å². The van der Waals surface area contributed by atoms with Gasteiger partial charge in [-0.15, -0.1) is 0 Å². The average Bonchev–Trinajstić information content (AvgIpc) is 2.98. The molecule has 0 spiro atoms. The Morgan fingerprint density at radius 1 is 1.30 bits per heavy atom. The first-order chi connectivity index (χ1) is 10.9. The van der Waals surface area contributed by atoms with Gasteiger partial charge < -0.3 is 4.90 Å². The van der Waals surface area contributed by atoms with Gasteiger partial charge in [-0.1, -0.05) is 30.3 Å². The summed E-state index contributed by atoms with van der Waals surface area (Å²) < 4.78 is 1.70. The van der Waals surface area contributed by atoms with Crippen molar-refractivity contribution < 1.29 is 4.79 Å². The van der Waals surface area contributed by atoms with Crippen LogP contribution < -0.4 is 5.32 Å². The Labute approximate surface area is 137 Å². The minimum absolute atomic E-state index is 0.0589. The largest absolute Gasteiger partial charge is 0.323 e. The minimum atomic E-state index is -0.223. The monoisotopic (exact) mass is 312 g/mol. The van der Waals surface area contributed by atoms with E-state index in [0.29, 0.717) is 5.92 Å². The quantitative estimate of drug-likeness (QED) is 0.922. The lowest BCUT2D eigenvalue weighted by Crippen LogP contribution is -2.47. The van der Waals surface area contributed by atoms with Gasteiger partial charge in [-0.3, -0.25) is 10.00 Å². The zero-order valence-electron chi connectivity index (χ0n) is 14.2. The molecule has 1 N–H and O–H groups in total. The van der Waals surface area contributed by atoms with Crippen LogP contribution in [0, 0.1) is 6.92 Å². The van der Waals surface area contributed by atoms with Crippen molar-refractivity contribution in [3.63, 3.8) is 0 Å². The standard InChI is InChI=1S/C18H24N4O/c1-13-12-16(21(4)20-13)19-17(23)22-11-10-15(18(22,2)3)14-8-6-5-7-9-14/h5-9,12,15H,10-11H2,1-4H3,(H,19,23). The highest BCUT2D eigenvalue weighted by atomic mass is 16.2. The molecule has 1 aromatic heterocycles. The Morgan fingerprint density at radius 2 is 2.00 bits per heavy atom. The van der Waals surface area contributed by atoms with Crippen molar-refractivity contribution in [1.29, 1.82) is 0 Å². The summed E-state index contributed by atoms with van der Waals surface area (Å²) in [5.74, 6) is 1.08. The van der Waals surface area contributed by atoms with Crippen molar-refractivity contribution in [3.05, 3.63) is 47.7 Å². The van der Waals surface area contributed by atoms with Crippen LogP contribution in [-0.2, 0) is 7.05 Å². The van der Waals surface area contributed by atoms with Crippen LogP contribution in [0.2, 0.25) is 0 Å². The molecule has 0 aliphatic carbocycles. The number of aromatic nitrogens is 2. The van der Waals surface area contributed by atoms with Crippen LogP contribution in [0.5, 0.6) is 0 Å². The second-order valence-corrected chi connectivity index (χ2v) is 6.78. The van der Waals surface area contributed by atoms with Crippen LogP contribution in [0.3, 0.4) is 0 Å². The van der Waals surface area contributed by atoms with E-state index in [2.05, 4.69) is 48.5 Å². The number of nitrogens with zero attached hydrogens (tertiary/aromatic N) is 3. The number of rotatable bonds is 2. The zero-order valence-corrected chi connectivity index (χ0v) is 14.2. The highest BCUT2D eigenvalue weighted by Crippen LogP contribution is 2.41. The van der Waals surface area contributed by atoms with Crippen molar-refractivity contribution in [3.8, 4) is 0 Å². The van der Waals surface area contributed by atoms with Crippen LogP contribution in [0.4, 0.5) is 10.6 Å². The molecule has 122 valence electrons. The molecule has 23 heavy (non-hydrogen) atoms. The van der Waals surface area contributed by atoms with E-state index < -0.39 is 0 Å². The first-order valence-electron chi connectivity index (χ1n) is 8.04. The van der Waals surface area contributed by atoms with E-state index in [0.717, 1.165) is 24.5 Å². The van der Waals surface area contributed by atoms with Gasteiger partial charge in [0.1, 0.15) is 5.82 Å². The van der Waals surface area contributed by atoms with Crippen molar-refractivity contribution in [2.45, 2.75) is 38.6 Å². The number of benzene rings is 1. The molecule has 2 aromatic rings. The molecule has 5 nitrogen and oxygen atoms in total. The van der Waals surface area contributed by atoms with Gasteiger partial charge in [0.25, 0.3) is 0 Å². The molecule has 2 amide bonds. The SMILES string of the molecule is Cc1cc(NC(=O)N2CCC(c3ccccc3)C2(C)C)n(C)n1. The number of carbonyl (C=O) groups excluding carboxylic acids is 1. The number of urea groups is 1. The van der Waals surface area contributed by atoms with Gasteiger partial charge in [-0.2, -0.15) is 5.10 Å². The minimum Gasteiger partial charge on any atom is -0.319 e. The number of hydrogen-bond donors (Lipinski definition) is 1. The molecule has 1 aliphatic rings. The average molecular weight is 312 g/mol. The number of likely N-dealkylation sites (tertiary alicyclic amines) is 1. The van der Waals surface area contributed by atoms with Crippen molar-refractivity contribution in [1.82, 2.24) is 14.7 Å². The van der Waals surface area contributed by atoms with Gasteiger partial charge in [-0.05, 0) is 32.8 Å². The summed E-state index contributed by atoms with van der Waals surface area (Å²) >= 11 is 0. The summed E-state index contributed by atoms with van der Waals surface area (Å²) in [4.78, 5) is 14.7. The molecule has 1 unspecified atom stereocenters. The fraction of sp³-hybridized carbons (Fsp3) is 0.444. The van der Waals surface area contributed by atoms with E-state index in [-0.39, 0.29) is 11.6 Å². The second kappa shape index (κ2) is 5.72. The molecular formula is C18H24N4O. The molecule has 1 atom stereocenters. The molecule has 1 saturated heterocycles. The lowest BCUT2D eigenvalue weighted by molar-refractivity contribution is 0.171. The Hall–Kier alpha value is -2.30. The number of nitrogens with one attached hydrogen (secondary N) is 1. The van der Waals surface area contributed by atoms with Crippen molar-refractivity contribution in [2.75, 3.05) is 11.9 Å². The fourth-order valence-electron chi connectivity index (χ4n) is 3.62. The van der Waals surface area contributed by atoms with E-state index >= 15 is 0 Å². The molecule has 0 saturated carbocycles. The summed E-state index contributed by atoms with van der Waals surface area (Å²) in [6.45, 7) is 6.97. The number of amides is 2. The molecule has 0 bridgehead atoms. The first-order valence-corrected chi connectivity index (χ1v) is 8.04. The predicted octanol–water partition coefficient (Wildman–Crippen LogP) is 3.53.